The Morgan fingerprint density at radius 3 is 1.46 bits per heavy atom. The molecule has 0 atom stereocenters. The van der Waals surface area contributed by atoms with E-state index in [9.17, 15) is 0 Å². The average Bonchev–Trinajstić information content (AvgIpc) is 3.26. The third-order valence-corrected chi connectivity index (χ3v) is 10.3. The van der Waals surface area contributed by atoms with E-state index in [1.807, 2.05) is 6.07 Å². The minimum atomic E-state index is 0.632. The first kappa shape index (κ1) is 31.5. The SMILES string of the molecule is c1ccc(-c2ccccc2-c2nc(-c3ccc4cc(-c5cccc6ccccc56)ccc4c3)nc(-c3cccc4cccc(-c5ccccc5)c34)n2)cc1. The topological polar surface area (TPSA) is 38.7 Å². The number of nitrogens with zero attached hydrogens (tertiary/aromatic N) is 3. The molecule has 0 saturated carbocycles. The molecule has 3 heteroatoms. The molecule has 0 N–H and O–H groups in total. The first-order valence-electron chi connectivity index (χ1n) is 18.3. The van der Waals surface area contributed by atoms with Crippen LogP contribution < -0.4 is 0 Å². The van der Waals surface area contributed by atoms with Crippen LogP contribution in [0.5, 0.6) is 0 Å². The van der Waals surface area contributed by atoms with Crippen molar-refractivity contribution in [1.29, 1.82) is 0 Å². The Bertz CT molecular complexity index is 2980. The third kappa shape index (κ3) is 5.69. The highest BCUT2D eigenvalue weighted by molar-refractivity contribution is 6.06. The zero-order valence-corrected chi connectivity index (χ0v) is 29.4. The van der Waals surface area contributed by atoms with Gasteiger partial charge >= 0.3 is 0 Å². The summed E-state index contributed by atoms with van der Waals surface area (Å²) in [7, 11) is 0. The molecule has 0 radical (unpaired) electrons. The Kier molecular flexibility index (Phi) is 7.81. The maximum Gasteiger partial charge on any atom is 0.164 e. The van der Waals surface area contributed by atoms with Gasteiger partial charge in [0.2, 0.25) is 0 Å². The average molecular weight is 688 g/mol. The van der Waals surface area contributed by atoms with Crippen molar-refractivity contribution in [2.45, 2.75) is 0 Å². The first-order chi connectivity index (χ1) is 26.8. The number of hydrogen-bond donors (Lipinski definition) is 0. The number of benzene rings is 9. The predicted octanol–water partition coefficient (Wildman–Crippen LogP) is 13.3. The van der Waals surface area contributed by atoms with Crippen LogP contribution in [0.1, 0.15) is 0 Å². The molecule has 252 valence electrons. The summed E-state index contributed by atoms with van der Waals surface area (Å²) in [5.74, 6) is 1.90. The summed E-state index contributed by atoms with van der Waals surface area (Å²) >= 11 is 0. The van der Waals surface area contributed by atoms with Crippen LogP contribution in [0, 0.1) is 0 Å². The summed E-state index contributed by atoms with van der Waals surface area (Å²) in [6.45, 7) is 0. The molecule has 10 aromatic rings. The lowest BCUT2D eigenvalue weighted by atomic mass is 9.94. The molecule has 54 heavy (non-hydrogen) atoms. The van der Waals surface area contributed by atoms with Gasteiger partial charge in [-0.25, -0.2) is 15.0 Å². The zero-order valence-electron chi connectivity index (χ0n) is 29.4. The van der Waals surface area contributed by atoms with Gasteiger partial charge in [0.1, 0.15) is 0 Å². The van der Waals surface area contributed by atoms with Gasteiger partial charge < -0.3 is 0 Å². The second-order valence-corrected chi connectivity index (χ2v) is 13.6. The predicted molar refractivity (Wildman–Crippen MR) is 225 cm³/mol. The fourth-order valence-electron chi connectivity index (χ4n) is 7.71. The molecule has 1 aromatic heterocycles. The van der Waals surface area contributed by atoms with E-state index in [-0.39, 0.29) is 0 Å². The van der Waals surface area contributed by atoms with E-state index < -0.39 is 0 Å². The Hall–Kier alpha value is -7.23. The van der Waals surface area contributed by atoms with Crippen LogP contribution >= 0.6 is 0 Å². The van der Waals surface area contributed by atoms with Gasteiger partial charge in [0.25, 0.3) is 0 Å². The summed E-state index contributed by atoms with van der Waals surface area (Å²) in [6, 6.07) is 70.5. The van der Waals surface area contributed by atoms with Crippen molar-refractivity contribution >= 4 is 32.3 Å². The molecule has 0 bridgehead atoms. The fraction of sp³-hybridized carbons (Fsp3) is 0. The van der Waals surface area contributed by atoms with Crippen molar-refractivity contribution in [3.63, 3.8) is 0 Å². The van der Waals surface area contributed by atoms with Gasteiger partial charge in [-0.05, 0) is 72.4 Å². The Morgan fingerprint density at radius 1 is 0.241 bits per heavy atom. The second kappa shape index (κ2) is 13.4. The van der Waals surface area contributed by atoms with Crippen molar-refractivity contribution in [3.05, 3.63) is 200 Å². The quantitative estimate of drug-likeness (QED) is 0.175. The van der Waals surface area contributed by atoms with Gasteiger partial charge in [-0.3, -0.25) is 0 Å². The molecular weight excluding hydrogens is 655 g/mol. The highest BCUT2D eigenvalue weighted by Gasteiger charge is 2.19. The normalized spacial score (nSPS) is 11.3. The van der Waals surface area contributed by atoms with Gasteiger partial charge in [-0.1, -0.05) is 188 Å². The lowest BCUT2D eigenvalue weighted by molar-refractivity contribution is 1.08. The number of fused-ring (bicyclic) bond motifs is 3. The van der Waals surface area contributed by atoms with E-state index in [1.165, 1.54) is 21.9 Å². The Labute approximate surface area is 313 Å². The van der Waals surface area contributed by atoms with E-state index in [4.69, 9.17) is 15.0 Å². The fourth-order valence-corrected chi connectivity index (χ4v) is 7.71. The van der Waals surface area contributed by atoms with Crippen molar-refractivity contribution < 1.29 is 0 Å². The lowest BCUT2D eigenvalue weighted by Crippen LogP contribution is -2.02. The lowest BCUT2D eigenvalue weighted by Gasteiger charge is -2.15. The van der Waals surface area contributed by atoms with Gasteiger partial charge in [0, 0.05) is 22.1 Å². The van der Waals surface area contributed by atoms with Crippen LogP contribution in [0.2, 0.25) is 0 Å². The zero-order chi connectivity index (χ0) is 35.8. The van der Waals surface area contributed by atoms with Crippen LogP contribution in [0.25, 0.3) is 99.9 Å². The smallest absolute Gasteiger partial charge is 0.164 e. The van der Waals surface area contributed by atoms with Gasteiger partial charge in [-0.2, -0.15) is 0 Å². The van der Waals surface area contributed by atoms with E-state index in [0.717, 1.165) is 60.5 Å². The molecule has 0 amide bonds. The molecule has 0 saturated heterocycles. The minimum absolute atomic E-state index is 0.632. The molecule has 1 heterocycles. The summed E-state index contributed by atoms with van der Waals surface area (Å²) in [5.41, 5.74) is 9.76. The molecule has 3 nitrogen and oxygen atoms in total. The first-order valence-corrected chi connectivity index (χ1v) is 18.3. The summed E-state index contributed by atoms with van der Waals surface area (Å²) < 4.78 is 0. The van der Waals surface area contributed by atoms with Crippen molar-refractivity contribution in [2.75, 3.05) is 0 Å². The van der Waals surface area contributed by atoms with Crippen LogP contribution in [-0.2, 0) is 0 Å². The van der Waals surface area contributed by atoms with E-state index in [1.54, 1.807) is 0 Å². The molecule has 0 aliphatic heterocycles. The van der Waals surface area contributed by atoms with Gasteiger partial charge in [-0.15, -0.1) is 0 Å². The number of hydrogen-bond acceptors (Lipinski definition) is 3. The molecule has 0 aliphatic carbocycles. The summed E-state index contributed by atoms with van der Waals surface area (Å²) in [4.78, 5) is 15.8. The van der Waals surface area contributed by atoms with E-state index in [0.29, 0.717) is 17.5 Å². The second-order valence-electron chi connectivity index (χ2n) is 13.6. The molecular formula is C51H33N3. The Morgan fingerprint density at radius 2 is 0.722 bits per heavy atom. The van der Waals surface area contributed by atoms with Gasteiger partial charge in [0.05, 0.1) is 0 Å². The van der Waals surface area contributed by atoms with E-state index >= 15 is 0 Å². The molecule has 0 fully saturated rings. The largest absolute Gasteiger partial charge is 0.208 e. The minimum Gasteiger partial charge on any atom is -0.208 e. The van der Waals surface area contributed by atoms with Crippen molar-refractivity contribution in [1.82, 2.24) is 15.0 Å². The molecule has 0 aliphatic rings. The van der Waals surface area contributed by atoms with E-state index in [2.05, 4.69) is 194 Å². The number of aromatic nitrogens is 3. The van der Waals surface area contributed by atoms with Crippen molar-refractivity contribution in [3.8, 4) is 67.5 Å². The Balaban J connectivity index is 1.17. The van der Waals surface area contributed by atoms with Crippen LogP contribution in [0.15, 0.2) is 200 Å². The van der Waals surface area contributed by atoms with Crippen LogP contribution in [0.4, 0.5) is 0 Å². The molecule has 0 unspecified atom stereocenters. The van der Waals surface area contributed by atoms with Crippen LogP contribution in [0.3, 0.4) is 0 Å². The summed E-state index contributed by atoms with van der Waals surface area (Å²) in [6.07, 6.45) is 0. The highest BCUT2D eigenvalue weighted by atomic mass is 15.0. The van der Waals surface area contributed by atoms with Crippen LogP contribution in [-0.4, -0.2) is 15.0 Å². The molecule has 0 spiro atoms. The van der Waals surface area contributed by atoms with Crippen molar-refractivity contribution in [2.24, 2.45) is 0 Å². The third-order valence-electron chi connectivity index (χ3n) is 10.3. The molecule has 10 rings (SSSR count). The highest BCUT2D eigenvalue weighted by Crippen LogP contribution is 2.38. The molecule has 9 aromatic carbocycles. The number of rotatable bonds is 6. The maximum atomic E-state index is 5.28. The summed E-state index contributed by atoms with van der Waals surface area (Å²) in [5, 5.41) is 7.03. The maximum absolute atomic E-state index is 5.28. The standard InChI is InChI=1S/C51H33N3/c1-3-14-34(15-4-1)43-23-9-10-24-46(43)50-52-49(53-51(54-50)47-27-13-21-37-20-12-26-45(48(37)47)36-16-5-2-6-17-36)41-31-29-38-32-40(30-28-39(38)33-41)44-25-11-19-35-18-7-8-22-42(35)44/h1-33H. The van der Waals surface area contributed by atoms with Gasteiger partial charge in [0.15, 0.2) is 17.5 Å². The monoisotopic (exact) mass is 687 g/mol.